The quantitative estimate of drug-likeness (QED) is 0.838. The van der Waals surface area contributed by atoms with Crippen molar-refractivity contribution >= 4 is 0 Å². The average molecular weight is 286 g/mol. The molecule has 2 aromatic rings. The number of rotatable bonds is 2. The largest absolute Gasteiger partial charge is 0.507 e. The van der Waals surface area contributed by atoms with E-state index in [2.05, 4.69) is 0 Å². The SMILES string of the molecule is Cc1cc(Oc2cc(C)c(O)c(C)c2C)c(C)c(C)c1O. The molecule has 0 radical (unpaired) electrons. The Bertz CT molecular complexity index is 654. The molecule has 0 bridgehead atoms. The maximum absolute atomic E-state index is 9.97. The summed E-state index contributed by atoms with van der Waals surface area (Å²) in [6.45, 7) is 11.3. The fourth-order valence-corrected chi connectivity index (χ4v) is 2.39. The van der Waals surface area contributed by atoms with Crippen molar-refractivity contribution in [3.8, 4) is 23.0 Å². The minimum atomic E-state index is 0.314. The Morgan fingerprint density at radius 1 is 0.619 bits per heavy atom. The molecule has 0 fully saturated rings. The van der Waals surface area contributed by atoms with E-state index in [4.69, 9.17) is 4.74 Å². The fraction of sp³-hybridized carbons (Fsp3) is 0.333. The molecule has 0 aromatic heterocycles. The number of benzene rings is 2. The van der Waals surface area contributed by atoms with Crippen LogP contribution in [0.2, 0.25) is 0 Å². The predicted octanol–water partition coefficient (Wildman–Crippen LogP) is 4.74. The van der Waals surface area contributed by atoms with E-state index in [-0.39, 0.29) is 0 Å². The molecule has 0 saturated carbocycles. The van der Waals surface area contributed by atoms with Gasteiger partial charge in [0.15, 0.2) is 0 Å². The highest BCUT2D eigenvalue weighted by Crippen LogP contribution is 2.38. The lowest BCUT2D eigenvalue weighted by Crippen LogP contribution is -1.96. The van der Waals surface area contributed by atoms with Crippen LogP contribution in [-0.2, 0) is 0 Å². The van der Waals surface area contributed by atoms with Gasteiger partial charge in [0.05, 0.1) is 0 Å². The van der Waals surface area contributed by atoms with Crippen molar-refractivity contribution < 1.29 is 14.9 Å². The van der Waals surface area contributed by atoms with Gasteiger partial charge in [-0.2, -0.15) is 0 Å². The lowest BCUT2D eigenvalue weighted by molar-refractivity contribution is 0.445. The van der Waals surface area contributed by atoms with Crippen molar-refractivity contribution in [2.75, 3.05) is 0 Å². The first-order valence-electron chi connectivity index (χ1n) is 7.01. The molecule has 3 heteroatoms. The third kappa shape index (κ3) is 2.56. The first kappa shape index (κ1) is 15.2. The van der Waals surface area contributed by atoms with Crippen LogP contribution in [-0.4, -0.2) is 10.2 Å². The van der Waals surface area contributed by atoms with Gasteiger partial charge in [0.1, 0.15) is 23.0 Å². The number of aromatic hydroxyl groups is 2. The van der Waals surface area contributed by atoms with Crippen LogP contribution < -0.4 is 4.74 Å². The lowest BCUT2D eigenvalue weighted by Gasteiger charge is -2.17. The van der Waals surface area contributed by atoms with Crippen molar-refractivity contribution in [1.82, 2.24) is 0 Å². The number of phenolic OH excluding ortho intramolecular Hbond substituents is 2. The number of hydrogen-bond donors (Lipinski definition) is 2. The lowest BCUT2D eigenvalue weighted by atomic mass is 10.0. The van der Waals surface area contributed by atoms with Gasteiger partial charge in [-0.1, -0.05) is 0 Å². The van der Waals surface area contributed by atoms with Crippen LogP contribution in [0.1, 0.15) is 33.4 Å². The molecule has 3 nitrogen and oxygen atoms in total. The summed E-state index contributed by atoms with van der Waals surface area (Å²) in [5.74, 6) is 2.09. The van der Waals surface area contributed by atoms with Gasteiger partial charge in [-0.15, -0.1) is 0 Å². The zero-order valence-electron chi connectivity index (χ0n) is 13.5. The smallest absolute Gasteiger partial charge is 0.131 e. The van der Waals surface area contributed by atoms with E-state index < -0.39 is 0 Å². The summed E-state index contributed by atoms with van der Waals surface area (Å²) in [5.41, 5.74) is 5.07. The van der Waals surface area contributed by atoms with Gasteiger partial charge in [-0.05, 0) is 87.1 Å². The van der Waals surface area contributed by atoms with Crippen molar-refractivity contribution in [2.45, 2.75) is 41.5 Å². The first-order valence-corrected chi connectivity index (χ1v) is 7.01. The summed E-state index contributed by atoms with van der Waals surface area (Å²) in [4.78, 5) is 0. The second kappa shape index (κ2) is 5.32. The van der Waals surface area contributed by atoms with Gasteiger partial charge in [-0.25, -0.2) is 0 Å². The van der Waals surface area contributed by atoms with Crippen LogP contribution in [0.4, 0.5) is 0 Å². The average Bonchev–Trinajstić information content (AvgIpc) is 2.45. The van der Waals surface area contributed by atoms with Crippen LogP contribution in [0.3, 0.4) is 0 Å². The van der Waals surface area contributed by atoms with Crippen molar-refractivity contribution in [1.29, 1.82) is 0 Å². The summed E-state index contributed by atoms with van der Waals surface area (Å²) in [7, 11) is 0. The molecule has 2 aromatic carbocycles. The Hall–Kier alpha value is -2.16. The predicted molar refractivity (Wildman–Crippen MR) is 84.7 cm³/mol. The van der Waals surface area contributed by atoms with E-state index in [1.807, 2.05) is 53.7 Å². The van der Waals surface area contributed by atoms with Crippen LogP contribution in [0.5, 0.6) is 23.0 Å². The van der Waals surface area contributed by atoms with E-state index >= 15 is 0 Å². The highest BCUT2D eigenvalue weighted by Gasteiger charge is 2.14. The van der Waals surface area contributed by atoms with Crippen molar-refractivity contribution in [3.05, 3.63) is 45.5 Å². The van der Waals surface area contributed by atoms with E-state index in [1.54, 1.807) is 0 Å². The number of hydrogen-bond acceptors (Lipinski definition) is 3. The number of aryl methyl sites for hydroxylation is 2. The second-order valence-electron chi connectivity index (χ2n) is 5.68. The summed E-state index contributed by atoms with van der Waals surface area (Å²) in [5, 5.41) is 19.9. The van der Waals surface area contributed by atoms with Crippen molar-refractivity contribution in [3.63, 3.8) is 0 Å². The van der Waals surface area contributed by atoms with Crippen LogP contribution in [0.15, 0.2) is 12.1 Å². The summed E-state index contributed by atoms with van der Waals surface area (Å²) >= 11 is 0. The highest BCUT2D eigenvalue weighted by molar-refractivity contribution is 5.56. The standard InChI is InChI=1S/C18H22O3/c1-9-7-15(11(3)13(5)17(9)19)21-16-8-10(2)18(20)14(6)12(16)4/h7-8,19-20H,1-6H3. The van der Waals surface area contributed by atoms with Gasteiger partial charge in [0.25, 0.3) is 0 Å². The summed E-state index contributed by atoms with van der Waals surface area (Å²) < 4.78 is 6.05. The molecule has 0 aliphatic carbocycles. The molecule has 0 heterocycles. The van der Waals surface area contributed by atoms with Crippen molar-refractivity contribution in [2.24, 2.45) is 0 Å². The van der Waals surface area contributed by atoms with Gasteiger partial charge in [0.2, 0.25) is 0 Å². The maximum Gasteiger partial charge on any atom is 0.131 e. The molecule has 21 heavy (non-hydrogen) atoms. The zero-order chi connectivity index (χ0) is 15.9. The fourth-order valence-electron chi connectivity index (χ4n) is 2.39. The number of ether oxygens (including phenoxy) is 1. The Morgan fingerprint density at radius 3 is 1.29 bits per heavy atom. The van der Waals surface area contributed by atoms with Gasteiger partial charge in [-0.3, -0.25) is 0 Å². The first-order chi connectivity index (χ1) is 9.73. The maximum atomic E-state index is 9.97. The Labute approximate surface area is 125 Å². The van der Waals surface area contributed by atoms with Crippen LogP contribution in [0.25, 0.3) is 0 Å². The molecule has 0 spiro atoms. The van der Waals surface area contributed by atoms with Gasteiger partial charge in [0, 0.05) is 0 Å². The Kier molecular flexibility index (Phi) is 3.86. The summed E-state index contributed by atoms with van der Waals surface area (Å²) in [6, 6.07) is 3.68. The summed E-state index contributed by atoms with van der Waals surface area (Å²) in [6.07, 6.45) is 0. The molecule has 0 saturated heterocycles. The molecule has 0 aliphatic rings. The van der Waals surface area contributed by atoms with E-state index in [0.29, 0.717) is 11.5 Å². The number of phenols is 2. The van der Waals surface area contributed by atoms with Crippen LogP contribution in [0, 0.1) is 41.5 Å². The van der Waals surface area contributed by atoms with E-state index in [0.717, 1.165) is 44.9 Å². The minimum Gasteiger partial charge on any atom is -0.507 e. The molecule has 0 amide bonds. The van der Waals surface area contributed by atoms with E-state index in [1.165, 1.54) is 0 Å². The molecule has 0 unspecified atom stereocenters. The molecule has 0 atom stereocenters. The topological polar surface area (TPSA) is 49.7 Å². The van der Waals surface area contributed by atoms with E-state index in [9.17, 15) is 10.2 Å². The Balaban J connectivity index is 2.54. The molecular weight excluding hydrogens is 264 g/mol. The Morgan fingerprint density at radius 2 is 0.952 bits per heavy atom. The van der Waals surface area contributed by atoms with Crippen LogP contribution >= 0.6 is 0 Å². The second-order valence-corrected chi connectivity index (χ2v) is 5.68. The minimum absolute atomic E-state index is 0.314. The zero-order valence-corrected chi connectivity index (χ0v) is 13.5. The molecule has 2 N–H and O–H groups in total. The van der Waals surface area contributed by atoms with Gasteiger partial charge >= 0.3 is 0 Å². The normalized spacial score (nSPS) is 10.8. The monoisotopic (exact) mass is 286 g/mol. The third-order valence-electron chi connectivity index (χ3n) is 4.24. The third-order valence-corrected chi connectivity index (χ3v) is 4.24. The molecule has 112 valence electrons. The molecule has 0 aliphatic heterocycles. The van der Waals surface area contributed by atoms with Gasteiger partial charge < -0.3 is 14.9 Å². The highest BCUT2D eigenvalue weighted by atomic mass is 16.5. The molecule has 2 rings (SSSR count). The molecular formula is C18H22O3.